The number of nitrogens with one attached hydrogen (secondary N) is 1. The molecule has 0 aliphatic rings. The van der Waals surface area contributed by atoms with Crippen LogP contribution in [-0.2, 0) is 4.79 Å². The summed E-state index contributed by atoms with van der Waals surface area (Å²) in [5, 5.41) is 16.7. The number of hydrogen-bond acceptors (Lipinski definition) is 5. The molecule has 0 fully saturated rings. The average Bonchev–Trinajstić information content (AvgIpc) is 3.34. The quantitative estimate of drug-likeness (QED) is 0.412. The summed E-state index contributed by atoms with van der Waals surface area (Å²) in [6.07, 6.45) is 2.07. The maximum atomic E-state index is 12.6. The van der Waals surface area contributed by atoms with E-state index in [-0.39, 0.29) is 5.91 Å². The van der Waals surface area contributed by atoms with Crippen LogP contribution in [0.4, 0.5) is 5.69 Å². The number of hydrogen-bond donors (Lipinski definition) is 1. The zero-order valence-corrected chi connectivity index (χ0v) is 19.5. The van der Waals surface area contributed by atoms with Crippen LogP contribution in [0.3, 0.4) is 0 Å². The van der Waals surface area contributed by atoms with Crippen LogP contribution in [0.25, 0.3) is 11.4 Å². The fourth-order valence-corrected chi connectivity index (χ4v) is 4.50. The molecular weight excluding hydrogens is 420 g/mol. The van der Waals surface area contributed by atoms with Gasteiger partial charge in [-0.3, -0.25) is 9.36 Å². The lowest BCUT2D eigenvalue weighted by Gasteiger charge is -2.10. The third-order valence-corrected chi connectivity index (χ3v) is 6.19. The molecule has 0 saturated heterocycles. The second-order valence-corrected chi connectivity index (χ2v) is 8.78. The van der Waals surface area contributed by atoms with Crippen molar-refractivity contribution in [3.8, 4) is 11.4 Å². The molecule has 164 valence electrons. The van der Waals surface area contributed by atoms with Crippen LogP contribution in [-0.4, -0.2) is 36.2 Å². The van der Waals surface area contributed by atoms with E-state index in [1.807, 2.05) is 53.4 Å². The lowest BCUT2D eigenvalue weighted by atomic mass is 10.1. The van der Waals surface area contributed by atoms with E-state index in [0.29, 0.717) is 12.2 Å². The molecule has 0 atom stereocenters. The summed E-state index contributed by atoms with van der Waals surface area (Å²) in [6.45, 7) is 8.02. The third-order valence-electron chi connectivity index (χ3n) is 5.25. The van der Waals surface area contributed by atoms with E-state index in [1.165, 1.54) is 17.3 Å². The topological polar surface area (TPSA) is 77.6 Å². The molecular formula is C24H26N6OS. The Morgan fingerprint density at radius 3 is 2.59 bits per heavy atom. The number of benzene rings is 2. The van der Waals surface area contributed by atoms with Gasteiger partial charge >= 0.3 is 0 Å². The van der Waals surface area contributed by atoms with Crippen molar-refractivity contribution in [2.45, 2.75) is 39.3 Å². The lowest BCUT2D eigenvalue weighted by Crippen LogP contribution is -2.13. The predicted molar refractivity (Wildman–Crippen MR) is 128 cm³/mol. The van der Waals surface area contributed by atoms with Gasteiger partial charge in [-0.2, -0.15) is 5.10 Å². The molecule has 0 aliphatic carbocycles. The first-order valence-electron chi connectivity index (χ1n) is 10.5. The van der Waals surface area contributed by atoms with Crippen molar-refractivity contribution in [2.24, 2.45) is 0 Å². The van der Waals surface area contributed by atoms with Gasteiger partial charge in [-0.15, -0.1) is 10.2 Å². The summed E-state index contributed by atoms with van der Waals surface area (Å²) >= 11 is 1.52. The smallest absolute Gasteiger partial charge is 0.225 e. The summed E-state index contributed by atoms with van der Waals surface area (Å²) in [5.74, 6) is 0.550. The summed E-state index contributed by atoms with van der Waals surface area (Å²) < 4.78 is 3.82. The van der Waals surface area contributed by atoms with Crippen molar-refractivity contribution in [3.05, 3.63) is 77.4 Å². The van der Waals surface area contributed by atoms with E-state index < -0.39 is 0 Å². The number of para-hydroxylation sites is 1. The van der Waals surface area contributed by atoms with Crippen LogP contribution in [0, 0.1) is 27.7 Å². The Kier molecular flexibility index (Phi) is 6.41. The maximum Gasteiger partial charge on any atom is 0.225 e. The average molecular weight is 447 g/mol. The minimum Gasteiger partial charge on any atom is -0.323 e. The summed E-state index contributed by atoms with van der Waals surface area (Å²) in [4.78, 5) is 12.6. The second kappa shape index (κ2) is 9.40. The minimum absolute atomic E-state index is 0.0473. The van der Waals surface area contributed by atoms with Crippen molar-refractivity contribution in [3.63, 3.8) is 0 Å². The van der Waals surface area contributed by atoms with Gasteiger partial charge in [-0.25, -0.2) is 4.68 Å². The Hall–Kier alpha value is -3.39. The van der Waals surface area contributed by atoms with Crippen LogP contribution in [0.5, 0.6) is 0 Å². The first-order chi connectivity index (χ1) is 15.4. The largest absolute Gasteiger partial charge is 0.323 e. The van der Waals surface area contributed by atoms with Gasteiger partial charge < -0.3 is 5.32 Å². The minimum atomic E-state index is -0.0473. The van der Waals surface area contributed by atoms with Crippen LogP contribution < -0.4 is 5.32 Å². The Morgan fingerprint density at radius 1 is 1.06 bits per heavy atom. The zero-order chi connectivity index (χ0) is 22.7. The Bertz CT molecular complexity index is 1240. The molecule has 2 aromatic heterocycles. The molecule has 8 heteroatoms. The molecule has 0 spiro atoms. The molecule has 1 N–H and O–H groups in total. The van der Waals surface area contributed by atoms with Crippen molar-refractivity contribution in [1.82, 2.24) is 24.5 Å². The van der Waals surface area contributed by atoms with E-state index >= 15 is 0 Å². The molecule has 2 heterocycles. The molecule has 0 unspecified atom stereocenters. The second-order valence-electron chi connectivity index (χ2n) is 7.71. The lowest BCUT2D eigenvalue weighted by molar-refractivity contribution is -0.115. The van der Waals surface area contributed by atoms with Gasteiger partial charge in [0.05, 0.1) is 28.5 Å². The highest BCUT2D eigenvalue weighted by Gasteiger charge is 2.16. The van der Waals surface area contributed by atoms with Crippen molar-refractivity contribution < 1.29 is 4.79 Å². The van der Waals surface area contributed by atoms with E-state index in [2.05, 4.69) is 52.7 Å². The number of rotatable bonds is 7. The molecule has 2 aromatic carbocycles. The molecule has 0 radical (unpaired) electrons. The number of nitrogens with zero attached hydrogens (tertiary/aromatic N) is 5. The fourth-order valence-electron chi connectivity index (χ4n) is 3.64. The number of carbonyl (C=O) groups excluding carboxylic acids is 1. The molecule has 32 heavy (non-hydrogen) atoms. The van der Waals surface area contributed by atoms with Crippen molar-refractivity contribution in [2.75, 3.05) is 11.1 Å². The standard InChI is InChI=1S/C24H26N6OS/c1-16-10-11-21(17(2)14-16)29-15-25-27-24(29)32-13-12-22(31)26-23-18(3)28-30(19(23)4)20-8-6-5-7-9-20/h5-11,14-15H,12-13H2,1-4H3,(H,26,31). The van der Waals surface area contributed by atoms with Gasteiger partial charge in [-0.05, 0) is 51.5 Å². The van der Waals surface area contributed by atoms with Gasteiger partial charge in [0.15, 0.2) is 5.16 Å². The molecule has 0 saturated carbocycles. The monoisotopic (exact) mass is 446 g/mol. The van der Waals surface area contributed by atoms with Gasteiger partial charge in [0.2, 0.25) is 5.91 Å². The van der Waals surface area contributed by atoms with Gasteiger partial charge in [-0.1, -0.05) is 47.7 Å². The summed E-state index contributed by atoms with van der Waals surface area (Å²) in [5.41, 5.74) is 6.85. The third kappa shape index (κ3) is 4.60. The highest BCUT2D eigenvalue weighted by atomic mass is 32.2. The van der Waals surface area contributed by atoms with Crippen LogP contribution >= 0.6 is 11.8 Å². The SMILES string of the molecule is Cc1ccc(-n2cnnc2SCCC(=O)Nc2c(C)nn(-c3ccccc3)c2C)c(C)c1. The Balaban J connectivity index is 1.39. The van der Waals surface area contributed by atoms with Gasteiger partial charge in [0.25, 0.3) is 0 Å². The molecule has 4 rings (SSSR count). The van der Waals surface area contributed by atoms with Crippen LogP contribution in [0.2, 0.25) is 0 Å². The highest BCUT2D eigenvalue weighted by Crippen LogP contribution is 2.25. The molecule has 1 amide bonds. The first kappa shape index (κ1) is 21.8. The molecule has 4 aromatic rings. The molecule has 0 bridgehead atoms. The van der Waals surface area contributed by atoms with Crippen LogP contribution in [0.15, 0.2) is 60.0 Å². The number of aryl methyl sites for hydroxylation is 3. The zero-order valence-electron chi connectivity index (χ0n) is 18.7. The maximum absolute atomic E-state index is 12.6. The first-order valence-corrected chi connectivity index (χ1v) is 11.4. The molecule has 7 nitrogen and oxygen atoms in total. The highest BCUT2D eigenvalue weighted by molar-refractivity contribution is 7.99. The van der Waals surface area contributed by atoms with E-state index in [4.69, 9.17) is 0 Å². The Labute approximate surface area is 191 Å². The van der Waals surface area contributed by atoms with E-state index in [1.54, 1.807) is 6.33 Å². The van der Waals surface area contributed by atoms with Crippen LogP contribution in [0.1, 0.15) is 28.9 Å². The number of anilines is 1. The number of amides is 1. The van der Waals surface area contributed by atoms with E-state index in [0.717, 1.165) is 39.2 Å². The number of aromatic nitrogens is 5. The van der Waals surface area contributed by atoms with Crippen molar-refractivity contribution >= 4 is 23.4 Å². The van der Waals surface area contributed by atoms with Gasteiger partial charge in [0, 0.05) is 12.2 Å². The van der Waals surface area contributed by atoms with Gasteiger partial charge in [0.1, 0.15) is 6.33 Å². The predicted octanol–water partition coefficient (Wildman–Crippen LogP) is 4.81. The summed E-state index contributed by atoms with van der Waals surface area (Å²) in [7, 11) is 0. The fraction of sp³-hybridized carbons (Fsp3) is 0.250. The normalized spacial score (nSPS) is 11.0. The summed E-state index contributed by atoms with van der Waals surface area (Å²) in [6, 6.07) is 16.2. The van der Waals surface area contributed by atoms with Crippen molar-refractivity contribution in [1.29, 1.82) is 0 Å². The number of thioether (sulfide) groups is 1. The van der Waals surface area contributed by atoms with E-state index in [9.17, 15) is 4.79 Å². The number of carbonyl (C=O) groups is 1. The Morgan fingerprint density at radius 2 is 1.84 bits per heavy atom. The molecule has 0 aliphatic heterocycles.